The smallest absolute Gasteiger partial charge is 0.207 e. The maximum Gasteiger partial charge on any atom is 0.243 e. The summed E-state index contributed by atoms with van der Waals surface area (Å²) in [5, 5.41) is 0. The van der Waals surface area contributed by atoms with Gasteiger partial charge in [0, 0.05) is 13.1 Å². The van der Waals surface area contributed by atoms with Gasteiger partial charge in [-0.25, -0.2) is 17.2 Å². The number of nitrogens with zero attached hydrogens (tertiary/aromatic N) is 1. The molecule has 0 aromatic heterocycles. The molecule has 0 atom stereocenters. The number of rotatable bonds is 2. The molecular formula is C12H15F2NO2S. The van der Waals surface area contributed by atoms with Gasteiger partial charge in [0.2, 0.25) is 10.0 Å². The Bertz CT molecular complexity index is 537. The molecule has 0 spiro atoms. The monoisotopic (exact) mass is 275 g/mol. The Labute approximate surface area is 105 Å². The molecule has 1 aromatic carbocycles. The first kappa shape index (κ1) is 13.4. The summed E-state index contributed by atoms with van der Waals surface area (Å²) in [5.41, 5.74) is 0. The standard InChI is InChI=1S/C12H15F2NO2S/c1-9-4-6-15(7-5-9)18(16,17)10-2-3-11(13)12(14)8-10/h2-3,8-9H,4-7H2,1H3. The second-order valence-corrected chi connectivity index (χ2v) is 6.60. The Morgan fingerprint density at radius 1 is 1.17 bits per heavy atom. The zero-order valence-electron chi connectivity index (χ0n) is 10.1. The van der Waals surface area contributed by atoms with Gasteiger partial charge in [0.15, 0.2) is 11.6 Å². The van der Waals surface area contributed by atoms with Gasteiger partial charge >= 0.3 is 0 Å². The molecule has 0 aliphatic carbocycles. The quantitative estimate of drug-likeness (QED) is 0.831. The van der Waals surface area contributed by atoms with Crippen LogP contribution in [0.1, 0.15) is 19.8 Å². The molecule has 1 aliphatic heterocycles. The van der Waals surface area contributed by atoms with Crippen LogP contribution in [-0.4, -0.2) is 25.8 Å². The summed E-state index contributed by atoms with van der Waals surface area (Å²) in [6.07, 6.45) is 1.59. The molecule has 6 heteroatoms. The highest BCUT2D eigenvalue weighted by atomic mass is 32.2. The summed E-state index contributed by atoms with van der Waals surface area (Å²) < 4.78 is 51.6. The molecule has 1 saturated heterocycles. The summed E-state index contributed by atoms with van der Waals surface area (Å²) in [5.74, 6) is -1.68. The van der Waals surface area contributed by atoms with Gasteiger partial charge in [-0.3, -0.25) is 0 Å². The molecule has 0 radical (unpaired) electrons. The molecule has 0 amide bonds. The largest absolute Gasteiger partial charge is 0.243 e. The maximum atomic E-state index is 13.1. The summed E-state index contributed by atoms with van der Waals surface area (Å²) in [7, 11) is -3.70. The van der Waals surface area contributed by atoms with Gasteiger partial charge in [-0.1, -0.05) is 6.92 Å². The zero-order chi connectivity index (χ0) is 13.3. The van der Waals surface area contributed by atoms with Crippen LogP contribution in [0.25, 0.3) is 0 Å². The predicted molar refractivity (Wildman–Crippen MR) is 63.5 cm³/mol. The van der Waals surface area contributed by atoms with E-state index in [2.05, 4.69) is 6.92 Å². The first-order valence-corrected chi connectivity index (χ1v) is 7.30. The zero-order valence-corrected chi connectivity index (χ0v) is 10.9. The Kier molecular flexibility index (Phi) is 3.68. The fraction of sp³-hybridized carbons (Fsp3) is 0.500. The highest BCUT2D eigenvalue weighted by molar-refractivity contribution is 7.89. The number of hydrogen-bond donors (Lipinski definition) is 0. The molecule has 100 valence electrons. The van der Waals surface area contributed by atoms with Crippen LogP contribution in [0.3, 0.4) is 0 Å². The van der Waals surface area contributed by atoms with Gasteiger partial charge in [0.05, 0.1) is 4.90 Å². The number of sulfonamides is 1. The number of benzene rings is 1. The van der Waals surface area contributed by atoms with Crippen LogP contribution in [-0.2, 0) is 10.0 Å². The normalized spacial score (nSPS) is 19.1. The summed E-state index contributed by atoms with van der Waals surface area (Å²) in [6.45, 7) is 2.94. The van der Waals surface area contributed by atoms with Crippen molar-refractivity contribution in [3.63, 3.8) is 0 Å². The Balaban J connectivity index is 2.27. The van der Waals surface area contributed by atoms with Gasteiger partial charge in [0.1, 0.15) is 0 Å². The molecule has 1 aliphatic rings. The number of hydrogen-bond acceptors (Lipinski definition) is 2. The molecule has 0 saturated carbocycles. The lowest BCUT2D eigenvalue weighted by molar-refractivity contribution is 0.288. The average molecular weight is 275 g/mol. The lowest BCUT2D eigenvalue weighted by Gasteiger charge is -2.29. The Morgan fingerprint density at radius 2 is 1.78 bits per heavy atom. The minimum atomic E-state index is -3.70. The summed E-state index contributed by atoms with van der Waals surface area (Å²) >= 11 is 0. The van der Waals surface area contributed by atoms with Crippen molar-refractivity contribution in [3.8, 4) is 0 Å². The topological polar surface area (TPSA) is 37.4 Å². The molecule has 1 heterocycles. The van der Waals surface area contributed by atoms with Crippen LogP contribution >= 0.6 is 0 Å². The van der Waals surface area contributed by atoms with Crippen LogP contribution < -0.4 is 0 Å². The third-order valence-corrected chi connectivity index (χ3v) is 5.17. The van der Waals surface area contributed by atoms with Crippen molar-refractivity contribution in [1.29, 1.82) is 0 Å². The van der Waals surface area contributed by atoms with Gasteiger partial charge in [0.25, 0.3) is 0 Å². The van der Waals surface area contributed by atoms with Crippen molar-refractivity contribution in [2.24, 2.45) is 5.92 Å². The fourth-order valence-corrected chi connectivity index (χ4v) is 3.49. The average Bonchev–Trinajstić information content (AvgIpc) is 2.33. The van der Waals surface area contributed by atoms with Crippen molar-refractivity contribution in [2.45, 2.75) is 24.7 Å². The van der Waals surface area contributed by atoms with E-state index in [-0.39, 0.29) is 4.90 Å². The third kappa shape index (κ3) is 2.54. The first-order chi connectivity index (χ1) is 8.41. The van der Waals surface area contributed by atoms with E-state index in [0.29, 0.717) is 19.0 Å². The molecule has 3 nitrogen and oxygen atoms in total. The molecule has 0 unspecified atom stereocenters. The van der Waals surface area contributed by atoms with Crippen LogP contribution in [0.2, 0.25) is 0 Å². The lowest BCUT2D eigenvalue weighted by atomic mass is 10.0. The van der Waals surface area contributed by atoms with Crippen molar-refractivity contribution in [3.05, 3.63) is 29.8 Å². The molecule has 0 N–H and O–H groups in total. The van der Waals surface area contributed by atoms with E-state index in [0.717, 1.165) is 31.0 Å². The molecular weight excluding hydrogens is 260 g/mol. The Hall–Kier alpha value is -1.01. The SMILES string of the molecule is CC1CCN(S(=O)(=O)c2ccc(F)c(F)c2)CC1. The van der Waals surface area contributed by atoms with Gasteiger partial charge < -0.3 is 0 Å². The molecule has 2 rings (SSSR count). The minimum Gasteiger partial charge on any atom is -0.207 e. The second-order valence-electron chi connectivity index (χ2n) is 4.66. The summed E-state index contributed by atoms with van der Waals surface area (Å²) in [4.78, 5) is -0.184. The van der Waals surface area contributed by atoms with Gasteiger partial charge in [-0.2, -0.15) is 4.31 Å². The summed E-state index contributed by atoms with van der Waals surface area (Å²) in [6, 6.07) is 2.68. The van der Waals surface area contributed by atoms with Crippen LogP contribution in [0.4, 0.5) is 8.78 Å². The lowest BCUT2D eigenvalue weighted by Crippen LogP contribution is -2.37. The van der Waals surface area contributed by atoms with Crippen LogP contribution in [0, 0.1) is 17.6 Å². The molecule has 18 heavy (non-hydrogen) atoms. The van der Waals surface area contributed by atoms with Gasteiger partial charge in [-0.15, -0.1) is 0 Å². The number of piperidine rings is 1. The first-order valence-electron chi connectivity index (χ1n) is 5.86. The van der Waals surface area contributed by atoms with Crippen molar-refractivity contribution in [2.75, 3.05) is 13.1 Å². The van der Waals surface area contributed by atoms with E-state index in [1.54, 1.807) is 0 Å². The minimum absolute atomic E-state index is 0.184. The molecule has 0 bridgehead atoms. The predicted octanol–water partition coefficient (Wildman–Crippen LogP) is 2.39. The highest BCUT2D eigenvalue weighted by Crippen LogP contribution is 2.24. The van der Waals surface area contributed by atoms with Crippen LogP contribution in [0.15, 0.2) is 23.1 Å². The van der Waals surface area contributed by atoms with E-state index >= 15 is 0 Å². The van der Waals surface area contributed by atoms with Crippen LogP contribution in [0.5, 0.6) is 0 Å². The van der Waals surface area contributed by atoms with Crippen molar-refractivity contribution < 1.29 is 17.2 Å². The number of halogens is 2. The molecule has 1 fully saturated rings. The van der Waals surface area contributed by atoms with E-state index in [1.165, 1.54) is 4.31 Å². The van der Waals surface area contributed by atoms with Gasteiger partial charge in [-0.05, 0) is 37.0 Å². The molecule has 1 aromatic rings. The van der Waals surface area contributed by atoms with E-state index in [1.807, 2.05) is 0 Å². The van der Waals surface area contributed by atoms with Crippen molar-refractivity contribution >= 4 is 10.0 Å². The van der Waals surface area contributed by atoms with E-state index in [4.69, 9.17) is 0 Å². The van der Waals surface area contributed by atoms with E-state index < -0.39 is 21.7 Å². The van der Waals surface area contributed by atoms with E-state index in [9.17, 15) is 17.2 Å². The third-order valence-electron chi connectivity index (χ3n) is 3.27. The fourth-order valence-electron chi connectivity index (χ4n) is 2.01. The Morgan fingerprint density at radius 3 is 2.33 bits per heavy atom. The maximum absolute atomic E-state index is 13.1. The van der Waals surface area contributed by atoms with Crippen molar-refractivity contribution in [1.82, 2.24) is 4.31 Å². The second kappa shape index (κ2) is 4.93. The highest BCUT2D eigenvalue weighted by Gasteiger charge is 2.28.